The molecule has 0 bridgehead atoms. The molecule has 0 aromatic rings. The van der Waals surface area contributed by atoms with Gasteiger partial charge in [0.2, 0.25) is 0 Å². The highest BCUT2D eigenvalue weighted by atomic mass is 32.2. The zero-order valence-electron chi connectivity index (χ0n) is 14.2. The Morgan fingerprint density at radius 2 is 2.05 bits per heavy atom. The smallest absolute Gasteiger partial charge is 0.193 e. The van der Waals surface area contributed by atoms with Gasteiger partial charge in [-0.2, -0.15) is 0 Å². The van der Waals surface area contributed by atoms with Crippen LogP contribution in [0.15, 0.2) is 4.99 Å². The summed E-state index contributed by atoms with van der Waals surface area (Å²) in [7, 11) is 0.472. The van der Waals surface area contributed by atoms with Crippen LogP contribution in [0.4, 0.5) is 0 Å². The van der Waals surface area contributed by atoms with Gasteiger partial charge in [-0.05, 0) is 38.5 Å². The van der Waals surface area contributed by atoms with Crippen LogP contribution in [0.3, 0.4) is 0 Å². The van der Waals surface area contributed by atoms with E-state index < -0.39 is 14.6 Å². The van der Waals surface area contributed by atoms with Crippen molar-refractivity contribution in [2.24, 2.45) is 10.4 Å². The van der Waals surface area contributed by atoms with Crippen LogP contribution in [0.2, 0.25) is 0 Å². The summed E-state index contributed by atoms with van der Waals surface area (Å²) in [6.45, 7) is 6.25. The molecule has 1 heterocycles. The van der Waals surface area contributed by atoms with E-state index in [1.807, 2.05) is 0 Å². The van der Waals surface area contributed by atoms with Crippen molar-refractivity contribution in [1.82, 2.24) is 10.2 Å². The van der Waals surface area contributed by atoms with Crippen LogP contribution in [0.1, 0.15) is 33.1 Å². The number of hydrogen-bond donors (Lipinski definition) is 1. The molecular formula is C15H29N3O3S. The third-order valence-corrected chi connectivity index (χ3v) is 7.50. The lowest BCUT2D eigenvalue weighted by atomic mass is 10.0. The van der Waals surface area contributed by atoms with E-state index in [2.05, 4.69) is 15.2 Å². The molecule has 0 radical (unpaired) electrons. The molecule has 22 heavy (non-hydrogen) atoms. The monoisotopic (exact) mass is 331 g/mol. The second kappa shape index (κ2) is 6.35. The van der Waals surface area contributed by atoms with E-state index >= 15 is 0 Å². The standard InChI is InChI=1S/C15H29N3O3S/c1-14(2)12-18(8-10-22(14,19)20)13(16-3)17-11-15(5-6-15)7-9-21-4/h5-12H2,1-4H3,(H,16,17). The molecule has 6 nitrogen and oxygen atoms in total. The van der Waals surface area contributed by atoms with Gasteiger partial charge >= 0.3 is 0 Å². The molecule has 0 atom stereocenters. The van der Waals surface area contributed by atoms with Gasteiger partial charge in [-0.15, -0.1) is 0 Å². The minimum Gasteiger partial charge on any atom is -0.385 e. The first-order chi connectivity index (χ1) is 10.3. The van der Waals surface area contributed by atoms with Crippen molar-refractivity contribution in [1.29, 1.82) is 0 Å². The Labute approximate surface area is 134 Å². The fraction of sp³-hybridized carbons (Fsp3) is 0.933. The number of aliphatic imine (C=N–C) groups is 1. The predicted molar refractivity (Wildman–Crippen MR) is 89.0 cm³/mol. The lowest BCUT2D eigenvalue weighted by Crippen LogP contribution is -2.57. The Hall–Kier alpha value is -0.820. The summed E-state index contributed by atoms with van der Waals surface area (Å²) in [6, 6.07) is 0. The Morgan fingerprint density at radius 3 is 2.55 bits per heavy atom. The molecule has 7 heteroatoms. The first kappa shape index (κ1) is 17.5. The summed E-state index contributed by atoms with van der Waals surface area (Å²) in [4.78, 5) is 6.40. The lowest BCUT2D eigenvalue weighted by Gasteiger charge is -2.39. The predicted octanol–water partition coefficient (Wildman–Crippen LogP) is 0.888. The van der Waals surface area contributed by atoms with Gasteiger partial charge in [0.15, 0.2) is 15.8 Å². The molecule has 0 aromatic heterocycles. The summed E-state index contributed by atoms with van der Waals surface area (Å²) in [6.07, 6.45) is 3.51. The number of hydrogen-bond acceptors (Lipinski definition) is 4. The summed E-state index contributed by atoms with van der Waals surface area (Å²) >= 11 is 0. The molecule has 1 N–H and O–H groups in total. The highest BCUT2D eigenvalue weighted by Gasteiger charge is 2.44. The van der Waals surface area contributed by atoms with Crippen LogP contribution in [0.25, 0.3) is 0 Å². The van der Waals surface area contributed by atoms with Crippen LogP contribution in [-0.4, -0.2) is 70.2 Å². The van der Waals surface area contributed by atoms with E-state index in [-0.39, 0.29) is 5.75 Å². The number of methoxy groups -OCH3 is 1. The maximum absolute atomic E-state index is 12.1. The average molecular weight is 331 g/mol. The van der Waals surface area contributed by atoms with Gasteiger partial charge in [0, 0.05) is 40.4 Å². The summed E-state index contributed by atoms with van der Waals surface area (Å²) in [5.41, 5.74) is 0.337. The molecule has 1 aliphatic heterocycles. The van der Waals surface area contributed by atoms with Crippen molar-refractivity contribution in [2.75, 3.05) is 46.2 Å². The fourth-order valence-electron chi connectivity index (χ4n) is 2.93. The first-order valence-electron chi connectivity index (χ1n) is 7.92. The lowest BCUT2D eigenvalue weighted by molar-refractivity contribution is 0.172. The summed E-state index contributed by atoms with van der Waals surface area (Å²) in [5, 5.41) is 3.44. The zero-order valence-corrected chi connectivity index (χ0v) is 15.0. The van der Waals surface area contributed by atoms with Gasteiger partial charge in [-0.25, -0.2) is 8.42 Å². The van der Waals surface area contributed by atoms with E-state index in [9.17, 15) is 8.42 Å². The van der Waals surface area contributed by atoms with Gasteiger partial charge in [-0.1, -0.05) is 0 Å². The van der Waals surface area contributed by atoms with Crippen LogP contribution >= 0.6 is 0 Å². The first-order valence-corrected chi connectivity index (χ1v) is 9.57. The molecule has 2 aliphatic rings. The van der Waals surface area contributed by atoms with Crippen LogP contribution < -0.4 is 5.32 Å². The summed E-state index contributed by atoms with van der Waals surface area (Å²) < 4.78 is 28.7. The Kier molecular flexibility index (Phi) is 5.06. The molecular weight excluding hydrogens is 302 g/mol. The van der Waals surface area contributed by atoms with Crippen molar-refractivity contribution >= 4 is 15.8 Å². The third kappa shape index (κ3) is 3.74. The molecule has 0 spiro atoms. The quantitative estimate of drug-likeness (QED) is 0.598. The van der Waals surface area contributed by atoms with Gasteiger partial charge in [0.25, 0.3) is 0 Å². The van der Waals surface area contributed by atoms with E-state index in [4.69, 9.17) is 4.74 Å². The third-order valence-electron chi connectivity index (χ3n) is 4.97. The number of guanidine groups is 1. The molecule has 0 aromatic carbocycles. The minimum atomic E-state index is -3.02. The number of nitrogens with zero attached hydrogens (tertiary/aromatic N) is 2. The van der Waals surface area contributed by atoms with Crippen molar-refractivity contribution in [2.45, 2.75) is 37.9 Å². The highest BCUT2D eigenvalue weighted by molar-refractivity contribution is 7.92. The van der Waals surface area contributed by atoms with Crippen molar-refractivity contribution in [3.63, 3.8) is 0 Å². The maximum Gasteiger partial charge on any atom is 0.193 e. The molecule has 128 valence electrons. The normalized spacial score (nSPS) is 25.8. The Bertz CT molecular complexity index is 524. The van der Waals surface area contributed by atoms with E-state index in [1.54, 1.807) is 28.0 Å². The number of nitrogens with one attached hydrogen (secondary N) is 1. The van der Waals surface area contributed by atoms with E-state index in [0.717, 1.165) is 25.5 Å². The van der Waals surface area contributed by atoms with Crippen LogP contribution in [0, 0.1) is 5.41 Å². The molecule has 2 rings (SSSR count). The van der Waals surface area contributed by atoms with Gasteiger partial charge < -0.3 is 15.0 Å². The zero-order chi connectivity index (χ0) is 16.4. The van der Waals surface area contributed by atoms with E-state index in [0.29, 0.717) is 18.5 Å². The second-order valence-corrected chi connectivity index (χ2v) is 9.89. The number of ether oxygens (including phenoxy) is 1. The second-order valence-electron chi connectivity index (χ2n) is 7.14. The largest absolute Gasteiger partial charge is 0.385 e. The van der Waals surface area contributed by atoms with Gasteiger partial charge in [-0.3, -0.25) is 4.99 Å². The average Bonchev–Trinajstić information content (AvgIpc) is 3.21. The molecule has 0 amide bonds. The van der Waals surface area contributed by atoms with E-state index in [1.165, 1.54) is 12.8 Å². The van der Waals surface area contributed by atoms with Crippen LogP contribution in [-0.2, 0) is 14.6 Å². The molecule has 1 saturated heterocycles. The van der Waals surface area contributed by atoms with Gasteiger partial charge in [0.05, 0.1) is 10.5 Å². The Morgan fingerprint density at radius 1 is 1.36 bits per heavy atom. The maximum atomic E-state index is 12.1. The molecule has 1 saturated carbocycles. The van der Waals surface area contributed by atoms with Crippen molar-refractivity contribution in [3.8, 4) is 0 Å². The van der Waals surface area contributed by atoms with Crippen LogP contribution in [0.5, 0.6) is 0 Å². The summed E-state index contributed by atoms with van der Waals surface area (Å²) in [5.74, 6) is 1.00. The Balaban J connectivity index is 1.93. The molecule has 2 fully saturated rings. The fourth-order valence-corrected chi connectivity index (χ4v) is 4.30. The SMILES string of the molecule is CN=C(NCC1(CCOC)CC1)N1CCS(=O)(=O)C(C)(C)C1. The minimum absolute atomic E-state index is 0.190. The number of sulfone groups is 1. The highest BCUT2D eigenvalue weighted by Crippen LogP contribution is 2.48. The van der Waals surface area contributed by atoms with Crippen molar-refractivity contribution < 1.29 is 13.2 Å². The van der Waals surface area contributed by atoms with Gasteiger partial charge in [0.1, 0.15) is 0 Å². The molecule has 1 aliphatic carbocycles. The number of rotatable bonds is 5. The van der Waals surface area contributed by atoms with Crippen molar-refractivity contribution in [3.05, 3.63) is 0 Å². The molecule has 0 unspecified atom stereocenters. The topological polar surface area (TPSA) is 71.0 Å².